The van der Waals surface area contributed by atoms with Crippen LogP contribution in [0.2, 0.25) is 5.21 Å². The summed E-state index contributed by atoms with van der Waals surface area (Å²) >= 11 is 0.268. The van der Waals surface area contributed by atoms with Gasteiger partial charge in [0.2, 0.25) is 0 Å². The van der Waals surface area contributed by atoms with Crippen LogP contribution in [0.5, 0.6) is 5.75 Å². The first-order valence-electron chi connectivity index (χ1n) is 3.71. The Hall–Kier alpha value is -0.422. The van der Waals surface area contributed by atoms with Gasteiger partial charge in [-0.15, -0.1) is 0 Å². The molecule has 0 aliphatic carbocycles. The molecule has 59 valence electrons. The zero-order valence-corrected chi connectivity index (χ0v) is 8.71. The molecule has 0 aliphatic heterocycles. The molecule has 0 atom stereocenters. The van der Waals surface area contributed by atoms with E-state index in [0.717, 1.165) is 0 Å². The first kappa shape index (κ1) is 8.67. The third-order valence-electron chi connectivity index (χ3n) is 1.52. The molecule has 1 aromatic rings. The van der Waals surface area contributed by atoms with E-state index in [0.29, 0.717) is 5.75 Å². The molecule has 0 spiro atoms. The van der Waals surface area contributed by atoms with E-state index >= 15 is 0 Å². The van der Waals surface area contributed by atoms with Crippen LogP contribution in [-0.2, 0) is 0 Å². The van der Waals surface area contributed by atoms with Crippen molar-refractivity contribution in [3.8, 4) is 5.75 Å². The Morgan fingerprint density at radius 3 is 2.82 bits per heavy atom. The molecule has 0 unspecified atom stereocenters. The minimum atomic E-state index is 0.268. The van der Waals surface area contributed by atoms with Crippen LogP contribution in [0.4, 0.5) is 0 Å². The molecular weight excluding hydrogens is 199 g/mol. The van der Waals surface area contributed by atoms with Crippen LogP contribution in [0.3, 0.4) is 0 Å². The van der Waals surface area contributed by atoms with Gasteiger partial charge in [-0.3, -0.25) is 0 Å². The van der Waals surface area contributed by atoms with Crippen molar-refractivity contribution in [2.45, 2.75) is 19.1 Å². The second kappa shape index (κ2) is 3.82. The average Bonchev–Trinajstić information content (AvgIpc) is 1.98. The number of rotatable bonds is 2. The maximum absolute atomic E-state index is 9.18. The van der Waals surface area contributed by atoms with Gasteiger partial charge in [0.25, 0.3) is 0 Å². The maximum atomic E-state index is 9.18. The van der Waals surface area contributed by atoms with Crippen molar-refractivity contribution in [2.24, 2.45) is 0 Å². The van der Waals surface area contributed by atoms with Gasteiger partial charge in [-0.2, -0.15) is 0 Å². The quantitative estimate of drug-likeness (QED) is 0.734. The Balaban J connectivity index is 2.93. The zero-order valence-electron chi connectivity index (χ0n) is 6.83. The standard InChI is InChI=1S/C9H12AsO/c1-3-10-9-6-8(11)5-4-7(9)2/h4-6,11H,3H2,1-2H3. The molecule has 0 saturated carbocycles. The summed E-state index contributed by atoms with van der Waals surface area (Å²) in [6, 6.07) is 5.62. The monoisotopic (exact) mass is 211 g/mol. The molecule has 0 aliphatic rings. The number of benzene rings is 1. The van der Waals surface area contributed by atoms with Crippen molar-refractivity contribution in [1.82, 2.24) is 0 Å². The SMILES string of the molecule is CC[As]c1cc(O)ccc1C. The van der Waals surface area contributed by atoms with Crippen LogP contribution in [0.1, 0.15) is 12.5 Å². The van der Waals surface area contributed by atoms with E-state index in [1.54, 1.807) is 6.07 Å². The van der Waals surface area contributed by atoms with Crippen molar-refractivity contribution in [1.29, 1.82) is 0 Å². The van der Waals surface area contributed by atoms with Crippen LogP contribution in [0.15, 0.2) is 18.2 Å². The zero-order chi connectivity index (χ0) is 8.27. The Labute approximate surface area is 74.1 Å². The van der Waals surface area contributed by atoms with E-state index in [2.05, 4.69) is 13.8 Å². The number of hydrogen-bond acceptors (Lipinski definition) is 1. The second-order valence-corrected chi connectivity index (χ2v) is 5.45. The third kappa shape index (κ3) is 2.27. The summed E-state index contributed by atoms with van der Waals surface area (Å²) in [6.07, 6.45) is 0. The predicted molar refractivity (Wildman–Crippen MR) is 48.7 cm³/mol. The molecule has 0 saturated heterocycles. The Morgan fingerprint density at radius 1 is 1.45 bits per heavy atom. The average molecular weight is 211 g/mol. The van der Waals surface area contributed by atoms with E-state index in [-0.39, 0.29) is 15.8 Å². The van der Waals surface area contributed by atoms with Crippen LogP contribution in [-0.4, -0.2) is 20.9 Å². The molecular formula is C9H12AsO. The van der Waals surface area contributed by atoms with Gasteiger partial charge in [0, 0.05) is 0 Å². The first-order valence-corrected chi connectivity index (χ1v) is 5.97. The first-order chi connectivity index (χ1) is 5.24. The molecule has 2 heteroatoms. The Kier molecular flexibility index (Phi) is 3.01. The molecule has 0 amide bonds. The molecule has 1 aromatic carbocycles. The molecule has 0 aromatic heterocycles. The Bertz CT molecular complexity index is 245. The van der Waals surface area contributed by atoms with E-state index in [1.807, 2.05) is 12.1 Å². The van der Waals surface area contributed by atoms with Gasteiger partial charge in [-0.05, 0) is 0 Å². The summed E-state index contributed by atoms with van der Waals surface area (Å²) < 4.78 is 1.35. The summed E-state index contributed by atoms with van der Waals surface area (Å²) in [5.41, 5.74) is 1.31. The summed E-state index contributed by atoms with van der Waals surface area (Å²) in [5.74, 6) is 0.398. The molecule has 11 heavy (non-hydrogen) atoms. The number of phenols is 1. The van der Waals surface area contributed by atoms with Crippen molar-refractivity contribution in [3.05, 3.63) is 23.8 Å². The minimum absolute atomic E-state index is 0.268. The summed E-state index contributed by atoms with van der Waals surface area (Å²) in [4.78, 5) is 0. The normalized spacial score (nSPS) is 11.1. The van der Waals surface area contributed by atoms with Crippen molar-refractivity contribution >= 4 is 20.1 Å². The summed E-state index contributed by atoms with van der Waals surface area (Å²) in [6.45, 7) is 4.28. The van der Waals surface area contributed by atoms with E-state index in [9.17, 15) is 5.11 Å². The van der Waals surface area contributed by atoms with Crippen LogP contribution < -0.4 is 4.35 Å². The van der Waals surface area contributed by atoms with Crippen LogP contribution in [0, 0.1) is 6.92 Å². The number of aromatic hydroxyl groups is 1. The van der Waals surface area contributed by atoms with Gasteiger partial charge < -0.3 is 0 Å². The van der Waals surface area contributed by atoms with Crippen LogP contribution >= 0.6 is 0 Å². The van der Waals surface area contributed by atoms with E-state index in [4.69, 9.17) is 0 Å². The molecule has 0 fully saturated rings. The van der Waals surface area contributed by atoms with Gasteiger partial charge in [0.05, 0.1) is 0 Å². The van der Waals surface area contributed by atoms with Crippen molar-refractivity contribution in [2.75, 3.05) is 0 Å². The van der Waals surface area contributed by atoms with Crippen molar-refractivity contribution < 1.29 is 5.11 Å². The fourth-order valence-corrected chi connectivity index (χ4v) is 2.80. The Morgan fingerprint density at radius 2 is 2.18 bits per heavy atom. The fraction of sp³-hybridized carbons (Fsp3) is 0.333. The van der Waals surface area contributed by atoms with E-state index in [1.165, 1.54) is 15.1 Å². The number of hydrogen-bond donors (Lipinski definition) is 1. The van der Waals surface area contributed by atoms with Crippen molar-refractivity contribution in [3.63, 3.8) is 0 Å². The molecule has 0 bridgehead atoms. The van der Waals surface area contributed by atoms with Crippen LogP contribution in [0.25, 0.3) is 0 Å². The second-order valence-electron chi connectivity index (χ2n) is 2.45. The molecule has 1 nitrogen and oxygen atoms in total. The molecule has 1 rings (SSSR count). The fourth-order valence-electron chi connectivity index (χ4n) is 0.938. The molecule has 1 N–H and O–H groups in total. The summed E-state index contributed by atoms with van der Waals surface area (Å²) in [5, 5.41) is 10.4. The third-order valence-corrected chi connectivity index (χ3v) is 3.91. The topological polar surface area (TPSA) is 20.2 Å². The molecule has 0 heterocycles. The van der Waals surface area contributed by atoms with E-state index < -0.39 is 0 Å². The number of phenolic OH excluding ortho intramolecular Hbond substituents is 1. The van der Waals surface area contributed by atoms with Gasteiger partial charge in [-0.25, -0.2) is 0 Å². The predicted octanol–water partition coefficient (Wildman–Crippen LogP) is 1.47. The van der Waals surface area contributed by atoms with Gasteiger partial charge >= 0.3 is 73.8 Å². The van der Waals surface area contributed by atoms with Gasteiger partial charge in [0.15, 0.2) is 0 Å². The summed E-state index contributed by atoms with van der Waals surface area (Å²) in [7, 11) is 0. The van der Waals surface area contributed by atoms with Gasteiger partial charge in [-0.1, -0.05) is 0 Å². The number of aryl methyl sites for hydroxylation is 1. The molecule has 1 radical (unpaired) electrons. The van der Waals surface area contributed by atoms with Gasteiger partial charge in [0.1, 0.15) is 0 Å².